The van der Waals surface area contributed by atoms with Gasteiger partial charge in [-0.15, -0.1) is 0 Å². The molecule has 1 heteroatoms. The van der Waals surface area contributed by atoms with Gasteiger partial charge in [0.15, 0.2) is 0 Å². The van der Waals surface area contributed by atoms with E-state index in [0.717, 1.165) is 11.0 Å². The second-order valence-electron chi connectivity index (χ2n) is 3.03. The summed E-state index contributed by atoms with van der Waals surface area (Å²) in [6.45, 7) is 11.2. The molecule has 1 heterocycles. The van der Waals surface area contributed by atoms with Crippen LogP contribution in [0, 0.1) is 0 Å². The first kappa shape index (κ1) is 7.55. The quantitative estimate of drug-likeness (QED) is 0.413. The molecule has 1 aliphatic rings. The highest BCUT2D eigenvalue weighted by molar-refractivity contribution is 4.72. The molecule has 0 bridgehead atoms. The Hall–Kier alpha value is -0.560. The van der Waals surface area contributed by atoms with Crippen LogP contribution in [0.3, 0.4) is 0 Å². The van der Waals surface area contributed by atoms with Gasteiger partial charge < -0.3 is 0 Å². The molecule has 0 aromatic carbocycles. The van der Waals surface area contributed by atoms with Gasteiger partial charge >= 0.3 is 0 Å². The fourth-order valence-electron chi connectivity index (χ4n) is 1.66. The smallest absolute Gasteiger partial charge is 0.101 e. The largest absolute Gasteiger partial charge is 0.295 e. The highest BCUT2D eigenvalue weighted by atomic mass is 15.3. The Bertz CT molecular complexity index is 132. The van der Waals surface area contributed by atoms with Gasteiger partial charge in [0.1, 0.15) is 6.54 Å². The van der Waals surface area contributed by atoms with Crippen molar-refractivity contribution < 1.29 is 4.48 Å². The van der Waals surface area contributed by atoms with Gasteiger partial charge in [0.05, 0.1) is 19.3 Å². The van der Waals surface area contributed by atoms with Crippen molar-refractivity contribution in [3.8, 4) is 0 Å². The van der Waals surface area contributed by atoms with E-state index < -0.39 is 0 Å². The third kappa shape index (κ3) is 1.29. The highest BCUT2D eigenvalue weighted by Crippen LogP contribution is 2.19. The maximum Gasteiger partial charge on any atom is 0.101 e. The maximum atomic E-state index is 3.86. The molecule has 1 aliphatic heterocycles. The van der Waals surface area contributed by atoms with Crippen LogP contribution in [0.4, 0.5) is 0 Å². The molecule has 1 fully saturated rings. The number of hydrogen-bond donors (Lipinski definition) is 0. The van der Waals surface area contributed by atoms with Gasteiger partial charge in [0.25, 0.3) is 0 Å². The minimum absolute atomic E-state index is 1.06. The fourth-order valence-corrected chi connectivity index (χ4v) is 1.66. The topological polar surface area (TPSA) is 0 Å². The zero-order valence-electron chi connectivity index (χ0n) is 6.55. The Morgan fingerprint density at radius 3 is 2.20 bits per heavy atom. The lowest BCUT2D eigenvalue weighted by Gasteiger charge is -2.27. The van der Waals surface area contributed by atoms with Gasteiger partial charge in [0, 0.05) is 12.8 Å². The molecule has 0 aromatic rings. The Morgan fingerprint density at radius 2 is 1.80 bits per heavy atom. The molecule has 0 amide bonds. The van der Waals surface area contributed by atoms with E-state index in [0.29, 0.717) is 0 Å². The Morgan fingerprint density at radius 1 is 1.20 bits per heavy atom. The normalized spacial score (nSPS) is 22.4. The molecule has 0 atom stereocenters. The van der Waals surface area contributed by atoms with E-state index in [4.69, 9.17) is 0 Å². The van der Waals surface area contributed by atoms with Gasteiger partial charge in [-0.3, -0.25) is 4.48 Å². The van der Waals surface area contributed by atoms with Gasteiger partial charge in [-0.1, -0.05) is 6.58 Å². The van der Waals surface area contributed by atoms with E-state index in [2.05, 4.69) is 19.4 Å². The van der Waals surface area contributed by atoms with E-state index in [1.165, 1.54) is 25.9 Å². The van der Waals surface area contributed by atoms with Crippen molar-refractivity contribution in [2.75, 3.05) is 19.6 Å². The summed E-state index contributed by atoms with van der Waals surface area (Å²) in [7, 11) is 0. The van der Waals surface area contributed by atoms with Crippen molar-refractivity contribution >= 4 is 0 Å². The first-order valence-electron chi connectivity index (χ1n) is 3.93. The predicted octanol–water partition coefficient (Wildman–Crippen LogP) is 1.93. The van der Waals surface area contributed by atoms with E-state index >= 15 is 0 Å². The van der Waals surface area contributed by atoms with Crippen LogP contribution in [0.2, 0.25) is 0 Å². The number of rotatable bonds is 3. The first-order chi connectivity index (χ1) is 4.83. The summed E-state index contributed by atoms with van der Waals surface area (Å²) in [4.78, 5) is 0. The molecule has 1 rings (SSSR count). The Kier molecular flexibility index (Phi) is 2.28. The average molecular weight is 138 g/mol. The zero-order valence-corrected chi connectivity index (χ0v) is 6.55. The Balaban J connectivity index is 2.57. The highest BCUT2D eigenvalue weighted by Gasteiger charge is 2.26. The van der Waals surface area contributed by atoms with Crippen molar-refractivity contribution in [3.63, 3.8) is 0 Å². The van der Waals surface area contributed by atoms with Crippen molar-refractivity contribution in [1.82, 2.24) is 0 Å². The summed E-state index contributed by atoms with van der Waals surface area (Å²) in [5, 5.41) is 0. The molecular weight excluding hydrogens is 122 g/mol. The zero-order chi connectivity index (χ0) is 7.45. The van der Waals surface area contributed by atoms with E-state index in [9.17, 15) is 0 Å². The fraction of sp³-hybridized carbons (Fsp3) is 0.556. The molecule has 56 valence electrons. The Labute approximate surface area is 63.2 Å². The molecule has 0 saturated carbocycles. The molecule has 0 spiro atoms. The van der Waals surface area contributed by atoms with Crippen LogP contribution in [0.15, 0.2) is 25.4 Å². The number of quaternary nitrogens is 1. The van der Waals surface area contributed by atoms with Crippen LogP contribution in [-0.2, 0) is 0 Å². The SMILES string of the molecule is C=CC[N+]1(C=C)CCCC1. The summed E-state index contributed by atoms with van der Waals surface area (Å²) in [5.41, 5.74) is 0. The molecule has 0 aliphatic carbocycles. The van der Waals surface area contributed by atoms with Gasteiger partial charge in [-0.25, -0.2) is 0 Å². The van der Waals surface area contributed by atoms with Gasteiger partial charge in [0.2, 0.25) is 0 Å². The summed E-state index contributed by atoms with van der Waals surface area (Å²) in [6.07, 6.45) is 6.75. The second kappa shape index (κ2) is 3.02. The number of hydrogen-bond acceptors (Lipinski definition) is 0. The monoisotopic (exact) mass is 138 g/mol. The first-order valence-corrected chi connectivity index (χ1v) is 3.93. The third-order valence-corrected chi connectivity index (χ3v) is 2.34. The van der Waals surface area contributed by atoms with E-state index in [-0.39, 0.29) is 0 Å². The van der Waals surface area contributed by atoms with Gasteiger partial charge in [-0.05, 0) is 12.7 Å². The standard InChI is InChI=1S/C9H16N/c1-3-7-10(4-2)8-5-6-9-10/h3-4H,1-2,5-9H2/q+1. The van der Waals surface area contributed by atoms with Crippen LogP contribution in [0.25, 0.3) is 0 Å². The van der Waals surface area contributed by atoms with Crippen LogP contribution >= 0.6 is 0 Å². The third-order valence-electron chi connectivity index (χ3n) is 2.34. The summed E-state index contributed by atoms with van der Waals surface area (Å²) >= 11 is 0. The second-order valence-corrected chi connectivity index (χ2v) is 3.03. The van der Waals surface area contributed by atoms with Crippen molar-refractivity contribution in [1.29, 1.82) is 0 Å². The lowest BCUT2D eigenvalue weighted by molar-refractivity contribution is -0.860. The molecule has 1 saturated heterocycles. The van der Waals surface area contributed by atoms with E-state index in [1.807, 2.05) is 6.08 Å². The van der Waals surface area contributed by atoms with Crippen LogP contribution in [0.1, 0.15) is 12.8 Å². The molecule has 10 heavy (non-hydrogen) atoms. The average Bonchev–Trinajstić information content (AvgIpc) is 2.39. The lowest BCUT2D eigenvalue weighted by Crippen LogP contribution is -2.39. The lowest BCUT2D eigenvalue weighted by atomic mass is 10.4. The van der Waals surface area contributed by atoms with E-state index in [1.54, 1.807) is 0 Å². The van der Waals surface area contributed by atoms with Crippen LogP contribution < -0.4 is 0 Å². The minimum atomic E-state index is 1.06. The van der Waals surface area contributed by atoms with Crippen molar-refractivity contribution in [3.05, 3.63) is 25.4 Å². The van der Waals surface area contributed by atoms with Crippen LogP contribution in [-0.4, -0.2) is 24.1 Å². The van der Waals surface area contributed by atoms with Crippen LogP contribution in [0.5, 0.6) is 0 Å². The number of nitrogens with zero attached hydrogens (tertiary/aromatic N) is 1. The van der Waals surface area contributed by atoms with Gasteiger partial charge in [-0.2, -0.15) is 0 Å². The predicted molar refractivity (Wildman–Crippen MR) is 44.5 cm³/mol. The van der Waals surface area contributed by atoms with Crippen molar-refractivity contribution in [2.24, 2.45) is 0 Å². The molecule has 0 N–H and O–H groups in total. The summed E-state index contributed by atoms with van der Waals surface area (Å²) in [6, 6.07) is 0. The molecule has 0 aromatic heterocycles. The molecular formula is C9H16N+. The molecule has 1 nitrogen and oxygen atoms in total. The van der Waals surface area contributed by atoms with Crippen molar-refractivity contribution in [2.45, 2.75) is 12.8 Å². The minimum Gasteiger partial charge on any atom is -0.295 e. The summed E-state index contributed by atoms with van der Waals surface area (Å²) < 4.78 is 1.06. The maximum absolute atomic E-state index is 3.86. The molecule has 0 unspecified atom stereocenters. The number of likely N-dealkylation sites (tertiary alicyclic amines) is 1. The molecule has 0 radical (unpaired) electrons. The summed E-state index contributed by atoms with van der Waals surface area (Å²) in [5.74, 6) is 0.